The summed E-state index contributed by atoms with van der Waals surface area (Å²) < 4.78 is 1.36. The fourth-order valence-corrected chi connectivity index (χ4v) is 4.72. The van der Waals surface area contributed by atoms with Gasteiger partial charge in [0.05, 0.1) is 11.4 Å². The number of piperazine rings is 1. The molecule has 2 aromatic heterocycles. The predicted molar refractivity (Wildman–Crippen MR) is 126 cm³/mol. The Hall–Kier alpha value is -3.55. The number of carbonyl (C=O) groups excluding carboxylic acids is 1. The molecule has 1 saturated heterocycles. The van der Waals surface area contributed by atoms with Gasteiger partial charge < -0.3 is 9.80 Å². The third-order valence-electron chi connectivity index (χ3n) is 6.69. The molecule has 1 atom stereocenters. The number of rotatable bonds is 4. The van der Waals surface area contributed by atoms with Crippen molar-refractivity contribution in [2.75, 3.05) is 31.1 Å². The van der Waals surface area contributed by atoms with Gasteiger partial charge in [-0.1, -0.05) is 24.3 Å². The molecule has 0 N–H and O–H groups in total. The van der Waals surface area contributed by atoms with E-state index in [9.17, 15) is 9.59 Å². The van der Waals surface area contributed by atoms with Crippen molar-refractivity contribution in [3.63, 3.8) is 0 Å². The molecule has 8 nitrogen and oxygen atoms in total. The maximum Gasteiger partial charge on any atom is 0.267 e. The number of aryl methyl sites for hydroxylation is 3. The van der Waals surface area contributed by atoms with E-state index in [0.29, 0.717) is 26.2 Å². The van der Waals surface area contributed by atoms with Gasteiger partial charge in [-0.05, 0) is 56.4 Å². The molecule has 8 heteroatoms. The third kappa shape index (κ3) is 4.13. The molecule has 0 radical (unpaired) electrons. The number of fused-ring (bicyclic) bond motifs is 1. The van der Waals surface area contributed by atoms with Crippen molar-refractivity contribution in [3.05, 3.63) is 69.6 Å². The second-order valence-electron chi connectivity index (χ2n) is 8.83. The van der Waals surface area contributed by atoms with Gasteiger partial charge in [-0.15, -0.1) is 10.2 Å². The van der Waals surface area contributed by atoms with E-state index < -0.39 is 6.04 Å². The third-order valence-corrected chi connectivity index (χ3v) is 6.69. The molecule has 3 heterocycles. The Morgan fingerprint density at radius 2 is 1.79 bits per heavy atom. The molecule has 3 aromatic rings. The van der Waals surface area contributed by atoms with Gasteiger partial charge in [0, 0.05) is 37.8 Å². The Morgan fingerprint density at radius 1 is 1.00 bits per heavy atom. The first-order valence-corrected chi connectivity index (χ1v) is 11.6. The highest BCUT2D eigenvalue weighted by Crippen LogP contribution is 2.23. The van der Waals surface area contributed by atoms with Gasteiger partial charge >= 0.3 is 0 Å². The first-order chi connectivity index (χ1) is 16.0. The highest BCUT2D eigenvalue weighted by molar-refractivity contribution is 5.80. The molecule has 1 unspecified atom stereocenters. The van der Waals surface area contributed by atoms with Crippen LogP contribution < -0.4 is 10.5 Å². The predicted octanol–water partition coefficient (Wildman–Crippen LogP) is 2.41. The standard InChI is InChI=1S/C25H28N6O2/c1-17-6-3-4-8-20(17)22-10-11-23(27-26-22)29-12-14-30(15-13-29)25(33)18(2)31-24(32)16-19-7-5-9-21(19)28-31/h3-4,6,8,10-11,16,18H,5,7,9,12-15H2,1-2H3. The lowest BCUT2D eigenvalue weighted by atomic mass is 10.1. The van der Waals surface area contributed by atoms with Crippen molar-refractivity contribution in [2.45, 2.75) is 39.2 Å². The Labute approximate surface area is 192 Å². The van der Waals surface area contributed by atoms with E-state index in [4.69, 9.17) is 0 Å². The number of nitrogens with zero attached hydrogens (tertiary/aromatic N) is 6. The zero-order chi connectivity index (χ0) is 22.9. The van der Waals surface area contributed by atoms with Gasteiger partial charge in [0.1, 0.15) is 6.04 Å². The van der Waals surface area contributed by atoms with Crippen molar-refractivity contribution >= 4 is 11.7 Å². The van der Waals surface area contributed by atoms with Crippen LogP contribution in [-0.4, -0.2) is 57.0 Å². The van der Waals surface area contributed by atoms with E-state index in [2.05, 4.69) is 33.2 Å². The molecule has 0 spiro atoms. The zero-order valence-corrected chi connectivity index (χ0v) is 19.1. The maximum absolute atomic E-state index is 13.1. The number of amides is 1. The minimum absolute atomic E-state index is 0.0665. The first-order valence-electron chi connectivity index (χ1n) is 11.6. The SMILES string of the molecule is Cc1ccccc1-c1ccc(N2CCN(C(=O)C(C)n3nc4c(cc3=O)CCC4)CC2)nn1. The summed E-state index contributed by atoms with van der Waals surface area (Å²) in [6, 6.07) is 13.2. The summed E-state index contributed by atoms with van der Waals surface area (Å²) in [4.78, 5) is 29.6. The summed E-state index contributed by atoms with van der Waals surface area (Å²) in [5.41, 5.74) is 4.88. The van der Waals surface area contributed by atoms with Gasteiger partial charge in [0.15, 0.2) is 5.82 Å². The van der Waals surface area contributed by atoms with Crippen LogP contribution >= 0.6 is 0 Å². The van der Waals surface area contributed by atoms with Gasteiger partial charge in [-0.2, -0.15) is 5.10 Å². The van der Waals surface area contributed by atoms with Gasteiger partial charge in [-0.3, -0.25) is 9.59 Å². The Balaban J connectivity index is 1.23. The molecule has 170 valence electrons. The summed E-state index contributed by atoms with van der Waals surface area (Å²) in [7, 11) is 0. The average molecular weight is 445 g/mol. The quantitative estimate of drug-likeness (QED) is 0.615. The molecule has 2 aliphatic rings. The number of hydrogen-bond acceptors (Lipinski definition) is 6. The summed E-state index contributed by atoms with van der Waals surface area (Å²) in [6.07, 6.45) is 2.79. The Kier molecular flexibility index (Phi) is 5.66. The number of aromatic nitrogens is 4. The minimum Gasteiger partial charge on any atom is -0.352 e. The second-order valence-corrected chi connectivity index (χ2v) is 8.83. The van der Waals surface area contributed by atoms with Crippen LogP contribution in [0.25, 0.3) is 11.3 Å². The summed E-state index contributed by atoms with van der Waals surface area (Å²) in [5.74, 6) is 0.743. The van der Waals surface area contributed by atoms with Crippen LogP contribution in [0.4, 0.5) is 5.82 Å². The van der Waals surface area contributed by atoms with Crippen LogP contribution in [0.1, 0.15) is 36.2 Å². The van der Waals surface area contributed by atoms with Crippen LogP contribution in [-0.2, 0) is 17.6 Å². The number of carbonyl (C=O) groups is 1. The van der Waals surface area contributed by atoms with Crippen LogP contribution in [0, 0.1) is 6.92 Å². The van der Waals surface area contributed by atoms with E-state index in [1.54, 1.807) is 13.0 Å². The lowest BCUT2D eigenvalue weighted by Crippen LogP contribution is -2.51. The fourth-order valence-electron chi connectivity index (χ4n) is 4.72. The molecule has 0 bridgehead atoms. The molecular weight excluding hydrogens is 416 g/mol. The monoisotopic (exact) mass is 444 g/mol. The molecule has 0 saturated carbocycles. The Morgan fingerprint density at radius 3 is 2.52 bits per heavy atom. The Bertz CT molecular complexity index is 1230. The number of hydrogen-bond donors (Lipinski definition) is 0. The van der Waals surface area contributed by atoms with E-state index >= 15 is 0 Å². The van der Waals surface area contributed by atoms with E-state index in [1.807, 2.05) is 35.2 Å². The summed E-state index contributed by atoms with van der Waals surface area (Å²) in [5, 5.41) is 13.4. The van der Waals surface area contributed by atoms with Crippen LogP contribution in [0.2, 0.25) is 0 Å². The molecule has 1 aliphatic heterocycles. The molecule has 1 aliphatic carbocycles. The summed E-state index contributed by atoms with van der Waals surface area (Å²) in [6.45, 7) is 6.32. The molecule has 1 fully saturated rings. The number of anilines is 1. The van der Waals surface area contributed by atoms with E-state index in [-0.39, 0.29) is 11.5 Å². The molecule has 1 amide bonds. The normalized spacial score (nSPS) is 16.5. The number of benzene rings is 1. The smallest absolute Gasteiger partial charge is 0.267 e. The topological polar surface area (TPSA) is 84.2 Å². The van der Waals surface area contributed by atoms with Crippen LogP contribution in [0.15, 0.2) is 47.3 Å². The van der Waals surface area contributed by atoms with Gasteiger partial charge in [-0.25, -0.2) is 4.68 Å². The highest BCUT2D eigenvalue weighted by atomic mass is 16.2. The molecular formula is C25H28N6O2. The first kappa shape index (κ1) is 21.3. The average Bonchev–Trinajstić information content (AvgIpc) is 3.30. The largest absolute Gasteiger partial charge is 0.352 e. The highest BCUT2D eigenvalue weighted by Gasteiger charge is 2.28. The summed E-state index contributed by atoms with van der Waals surface area (Å²) >= 11 is 0. The van der Waals surface area contributed by atoms with E-state index in [0.717, 1.165) is 53.2 Å². The zero-order valence-electron chi connectivity index (χ0n) is 19.1. The second kappa shape index (κ2) is 8.77. The van der Waals surface area contributed by atoms with Crippen molar-refractivity contribution in [3.8, 4) is 11.3 Å². The lowest BCUT2D eigenvalue weighted by Gasteiger charge is -2.36. The van der Waals surface area contributed by atoms with Crippen molar-refractivity contribution in [1.29, 1.82) is 0 Å². The van der Waals surface area contributed by atoms with Gasteiger partial charge in [0.2, 0.25) is 5.91 Å². The van der Waals surface area contributed by atoms with Gasteiger partial charge in [0.25, 0.3) is 5.56 Å². The molecule has 1 aromatic carbocycles. The fraction of sp³-hybridized carbons (Fsp3) is 0.400. The maximum atomic E-state index is 13.1. The van der Waals surface area contributed by atoms with Crippen molar-refractivity contribution < 1.29 is 4.79 Å². The van der Waals surface area contributed by atoms with Crippen LogP contribution in [0.3, 0.4) is 0 Å². The minimum atomic E-state index is -0.608. The lowest BCUT2D eigenvalue weighted by molar-refractivity contribution is -0.135. The van der Waals surface area contributed by atoms with Crippen molar-refractivity contribution in [2.24, 2.45) is 0 Å². The molecule has 33 heavy (non-hydrogen) atoms. The molecule has 5 rings (SSSR count). The van der Waals surface area contributed by atoms with Crippen molar-refractivity contribution in [1.82, 2.24) is 24.9 Å². The van der Waals surface area contributed by atoms with Crippen LogP contribution in [0.5, 0.6) is 0 Å². The van der Waals surface area contributed by atoms with E-state index in [1.165, 1.54) is 4.68 Å².